The number of nitrogens with one attached hydrogen (secondary N) is 1. The molecule has 122 valence electrons. The van der Waals surface area contributed by atoms with Crippen molar-refractivity contribution in [1.82, 2.24) is 10.2 Å². The lowest BCUT2D eigenvalue weighted by molar-refractivity contribution is -0.122. The predicted molar refractivity (Wildman–Crippen MR) is 89.2 cm³/mol. The van der Waals surface area contributed by atoms with Crippen molar-refractivity contribution in [3.8, 4) is 5.75 Å². The van der Waals surface area contributed by atoms with Crippen LogP contribution < -0.4 is 10.1 Å². The molecule has 2 unspecified atom stereocenters. The second-order valence-corrected chi connectivity index (χ2v) is 7.34. The van der Waals surface area contributed by atoms with Crippen LogP contribution in [0.2, 0.25) is 0 Å². The smallest absolute Gasteiger partial charge is 0.223 e. The van der Waals surface area contributed by atoms with E-state index in [1.54, 1.807) is 7.11 Å². The topological polar surface area (TPSA) is 41.6 Å². The molecule has 1 aromatic carbocycles. The minimum absolute atomic E-state index is 0.0870. The zero-order valence-electron chi connectivity index (χ0n) is 14.3. The third-order valence-electron chi connectivity index (χ3n) is 4.16. The van der Waals surface area contributed by atoms with Crippen molar-refractivity contribution in [2.75, 3.05) is 34.3 Å². The Morgan fingerprint density at radius 2 is 1.95 bits per heavy atom. The maximum Gasteiger partial charge on any atom is 0.223 e. The third kappa shape index (κ3) is 4.47. The Morgan fingerprint density at radius 3 is 2.50 bits per heavy atom. The Kier molecular flexibility index (Phi) is 5.12. The molecule has 2 rings (SSSR count). The van der Waals surface area contributed by atoms with Gasteiger partial charge >= 0.3 is 0 Å². The standard InChI is InChI=1S/C18H28N2O2/c1-18(2,12-20(3)4)11-19-17(21)16-10-15(16)13-6-8-14(22-5)9-7-13/h6-9,15-16H,10-12H2,1-5H3,(H,19,21). The maximum absolute atomic E-state index is 12.3. The molecule has 0 heterocycles. The summed E-state index contributed by atoms with van der Waals surface area (Å²) in [7, 11) is 5.78. The van der Waals surface area contributed by atoms with Crippen molar-refractivity contribution >= 4 is 5.91 Å². The number of hydrogen-bond donors (Lipinski definition) is 1. The van der Waals surface area contributed by atoms with Gasteiger partial charge in [-0.15, -0.1) is 0 Å². The molecule has 1 saturated carbocycles. The average molecular weight is 304 g/mol. The Labute approximate surface area is 133 Å². The Balaban J connectivity index is 1.82. The van der Waals surface area contributed by atoms with E-state index in [0.29, 0.717) is 5.92 Å². The summed E-state index contributed by atoms with van der Waals surface area (Å²) in [5, 5.41) is 3.12. The zero-order chi connectivity index (χ0) is 16.3. The summed E-state index contributed by atoms with van der Waals surface area (Å²) in [5.41, 5.74) is 1.32. The second kappa shape index (κ2) is 6.69. The molecule has 4 heteroatoms. The van der Waals surface area contributed by atoms with E-state index in [0.717, 1.165) is 25.3 Å². The predicted octanol–water partition coefficient (Wildman–Crippen LogP) is 2.50. The minimum atomic E-state index is 0.0870. The molecule has 0 bridgehead atoms. The van der Waals surface area contributed by atoms with Crippen LogP contribution in [0.5, 0.6) is 5.75 Å². The number of rotatable bonds is 7. The van der Waals surface area contributed by atoms with E-state index in [-0.39, 0.29) is 17.2 Å². The Hall–Kier alpha value is -1.55. The summed E-state index contributed by atoms with van der Waals surface area (Å²) in [6, 6.07) is 8.05. The van der Waals surface area contributed by atoms with Crippen LogP contribution in [0.3, 0.4) is 0 Å². The molecule has 2 atom stereocenters. The molecule has 4 nitrogen and oxygen atoms in total. The molecule has 1 fully saturated rings. The SMILES string of the molecule is COc1ccc(C2CC2C(=O)NCC(C)(C)CN(C)C)cc1. The summed E-state index contributed by atoms with van der Waals surface area (Å²) < 4.78 is 5.17. The summed E-state index contributed by atoms with van der Waals surface area (Å²) in [5.74, 6) is 1.54. The van der Waals surface area contributed by atoms with Crippen LogP contribution in [0.1, 0.15) is 31.7 Å². The molecule has 1 aromatic rings. The number of ether oxygens (including phenoxy) is 1. The molecular formula is C18H28N2O2. The van der Waals surface area contributed by atoms with E-state index in [1.165, 1.54) is 5.56 Å². The molecule has 0 saturated heterocycles. The molecular weight excluding hydrogens is 276 g/mol. The van der Waals surface area contributed by atoms with Crippen LogP contribution in [0.25, 0.3) is 0 Å². The fourth-order valence-electron chi connectivity index (χ4n) is 3.07. The highest BCUT2D eigenvalue weighted by Crippen LogP contribution is 2.47. The molecule has 22 heavy (non-hydrogen) atoms. The van der Waals surface area contributed by atoms with Gasteiger partial charge in [-0.05, 0) is 49.5 Å². The lowest BCUT2D eigenvalue weighted by Gasteiger charge is -2.28. The van der Waals surface area contributed by atoms with E-state index < -0.39 is 0 Å². The van der Waals surface area contributed by atoms with Gasteiger partial charge in [-0.1, -0.05) is 26.0 Å². The van der Waals surface area contributed by atoms with E-state index in [9.17, 15) is 4.79 Å². The first-order chi connectivity index (χ1) is 10.3. The van der Waals surface area contributed by atoms with Gasteiger partial charge < -0.3 is 15.0 Å². The Morgan fingerprint density at radius 1 is 1.32 bits per heavy atom. The molecule has 1 N–H and O–H groups in total. The van der Waals surface area contributed by atoms with Gasteiger partial charge in [0.05, 0.1) is 7.11 Å². The monoisotopic (exact) mass is 304 g/mol. The van der Waals surface area contributed by atoms with E-state index in [2.05, 4.69) is 50.3 Å². The lowest BCUT2D eigenvalue weighted by Crippen LogP contribution is -2.40. The number of amides is 1. The largest absolute Gasteiger partial charge is 0.497 e. The first-order valence-electron chi connectivity index (χ1n) is 7.89. The van der Waals surface area contributed by atoms with Crippen LogP contribution in [0.4, 0.5) is 0 Å². The minimum Gasteiger partial charge on any atom is -0.497 e. The van der Waals surface area contributed by atoms with Crippen molar-refractivity contribution in [3.63, 3.8) is 0 Å². The van der Waals surface area contributed by atoms with Crippen molar-refractivity contribution in [2.45, 2.75) is 26.2 Å². The third-order valence-corrected chi connectivity index (χ3v) is 4.16. The summed E-state index contributed by atoms with van der Waals surface area (Å²) in [4.78, 5) is 14.5. The number of carbonyl (C=O) groups excluding carboxylic acids is 1. The highest BCUT2D eigenvalue weighted by atomic mass is 16.5. The fourth-order valence-corrected chi connectivity index (χ4v) is 3.07. The molecule has 1 amide bonds. The van der Waals surface area contributed by atoms with Crippen molar-refractivity contribution in [1.29, 1.82) is 0 Å². The lowest BCUT2D eigenvalue weighted by atomic mass is 9.93. The molecule has 1 aliphatic carbocycles. The molecule has 0 radical (unpaired) electrons. The summed E-state index contributed by atoms with van der Waals surface area (Å²) >= 11 is 0. The fraction of sp³-hybridized carbons (Fsp3) is 0.611. The highest BCUT2D eigenvalue weighted by molar-refractivity contribution is 5.82. The number of benzene rings is 1. The second-order valence-electron chi connectivity index (χ2n) is 7.34. The zero-order valence-corrected chi connectivity index (χ0v) is 14.3. The number of nitrogens with zero attached hydrogens (tertiary/aromatic N) is 1. The van der Waals surface area contributed by atoms with Crippen LogP contribution >= 0.6 is 0 Å². The van der Waals surface area contributed by atoms with Gasteiger partial charge in [0.2, 0.25) is 5.91 Å². The molecule has 0 aliphatic heterocycles. The molecule has 1 aliphatic rings. The van der Waals surface area contributed by atoms with Gasteiger partial charge in [-0.2, -0.15) is 0 Å². The van der Waals surface area contributed by atoms with Crippen LogP contribution in [-0.2, 0) is 4.79 Å². The van der Waals surface area contributed by atoms with E-state index in [4.69, 9.17) is 4.74 Å². The summed E-state index contributed by atoms with van der Waals surface area (Å²) in [6.07, 6.45) is 0.951. The van der Waals surface area contributed by atoms with Gasteiger partial charge in [-0.25, -0.2) is 0 Å². The van der Waals surface area contributed by atoms with Crippen LogP contribution in [-0.4, -0.2) is 45.1 Å². The first kappa shape index (κ1) is 16.8. The number of hydrogen-bond acceptors (Lipinski definition) is 3. The van der Waals surface area contributed by atoms with Crippen molar-refractivity contribution in [3.05, 3.63) is 29.8 Å². The average Bonchev–Trinajstić information content (AvgIpc) is 3.24. The van der Waals surface area contributed by atoms with Crippen LogP contribution in [0.15, 0.2) is 24.3 Å². The summed E-state index contributed by atoms with van der Waals surface area (Å²) in [6.45, 7) is 6.04. The highest BCUT2D eigenvalue weighted by Gasteiger charge is 2.44. The van der Waals surface area contributed by atoms with Crippen molar-refractivity contribution in [2.24, 2.45) is 11.3 Å². The van der Waals surface area contributed by atoms with E-state index >= 15 is 0 Å². The normalized spacial score (nSPS) is 20.8. The molecule has 0 spiro atoms. The van der Waals surface area contributed by atoms with Gasteiger partial charge in [0.15, 0.2) is 0 Å². The van der Waals surface area contributed by atoms with Gasteiger partial charge in [0, 0.05) is 19.0 Å². The quantitative estimate of drug-likeness (QED) is 0.841. The van der Waals surface area contributed by atoms with E-state index in [1.807, 2.05) is 12.1 Å². The number of methoxy groups -OCH3 is 1. The van der Waals surface area contributed by atoms with Gasteiger partial charge in [0.1, 0.15) is 5.75 Å². The maximum atomic E-state index is 12.3. The van der Waals surface area contributed by atoms with Crippen molar-refractivity contribution < 1.29 is 9.53 Å². The first-order valence-corrected chi connectivity index (χ1v) is 7.89. The number of carbonyl (C=O) groups is 1. The van der Waals surface area contributed by atoms with Crippen LogP contribution in [0, 0.1) is 11.3 Å². The molecule has 0 aromatic heterocycles. The Bertz CT molecular complexity index is 508. The van der Waals surface area contributed by atoms with Gasteiger partial charge in [-0.3, -0.25) is 4.79 Å². The van der Waals surface area contributed by atoms with Gasteiger partial charge in [0.25, 0.3) is 0 Å².